The highest BCUT2D eigenvalue weighted by atomic mass is 16.2. The Morgan fingerprint density at radius 2 is 2.42 bits per heavy atom. The molecular formula is C13H12N4O2. The molecule has 6 heteroatoms. The monoisotopic (exact) mass is 256 g/mol. The lowest BCUT2D eigenvalue weighted by Gasteiger charge is -2.04. The average molecular weight is 256 g/mol. The van der Waals surface area contributed by atoms with Crippen molar-refractivity contribution >= 4 is 11.7 Å². The summed E-state index contributed by atoms with van der Waals surface area (Å²) >= 11 is 0. The first-order valence-electron chi connectivity index (χ1n) is 5.54. The standard InChI is InChI=1S/C13H12N4O2/c1-17-9-14-8-11(17)13(19)16-12-7-10(3-2-6-18)4-5-15-12/h4-5,7-9,18H,6H2,1H3,(H,15,16,19). The number of amides is 1. The zero-order chi connectivity index (χ0) is 13.7. The fourth-order valence-electron chi connectivity index (χ4n) is 1.47. The van der Waals surface area contributed by atoms with Crippen LogP contribution < -0.4 is 5.32 Å². The molecule has 0 bridgehead atoms. The SMILES string of the molecule is Cn1cncc1C(=O)Nc1cc(C#CCO)ccn1. The van der Waals surface area contributed by atoms with Gasteiger partial charge in [0.15, 0.2) is 0 Å². The second kappa shape index (κ2) is 5.80. The molecule has 0 fully saturated rings. The minimum atomic E-state index is -0.292. The van der Waals surface area contributed by atoms with Crippen LogP contribution in [0, 0.1) is 11.8 Å². The third-order valence-electron chi connectivity index (χ3n) is 2.36. The Morgan fingerprint density at radius 1 is 1.58 bits per heavy atom. The lowest BCUT2D eigenvalue weighted by Crippen LogP contribution is -2.16. The highest BCUT2D eigenvalue weighted by molar-refractivity contribution is 6.02. The number of carbonyl (C=O) groups excluding carboxylic acids is 1. The molecule has 19 heavy (non-hydrogen) atoms. The van der Waals surface area contributed by atoms with Crippen molar-refractivity contribution < 1.29 is 9.90 Å². The van der Waals surface area contributed by atoms with Crippen molar-refractivity contribution in [1.29, 1.82) is 0 Å². The smallest absolute Gasteiger partial charge is 0.275 e. The first-order valence-corrected chi connectivity index (χ1v) is 5.54. The molecule has 6 nitrogen and oxygen atoms in total. The van der Waals surface area contributed by atoms with Crippen molar-refractivity contribution in [3.05, 3.63) is 42.1 Å². The van der Waals surface area contributed by atoms with Gasteiger partial charge in [-0.2, -0.15) is 0 Å². The molecule has 0 radical (unpaired) electrons. The molecular weight excluding hydrogens is 244 g/mol. The molecule has 0 saturated heterocycles. The van der Waals surface area contributed by atoms with Crippen LogP contribution in [-0.2, 0) is 7.05 Å². The summed E-state index contributed by atoms with van der Waals surface area (Å²) in [5.74, 6) is 5.39. The number of imidazole rings is 1. The number of anilines is 1. The highest BCUT2D eigenvalue weighted by Gasteiger charge is 2.10. The summed E-state index contributed by atoms with van der Waals surface area (Å²) in [6.07, 6.45) is 4.57. The van der Waals surface area contributed by atoms with E-state index in [2.05, 4.69) is 27.1 Å². The fourth-order valence-corrected chi connectivity index (χ4v) is 1.47. The van der Waals surface area contributed by atoms with Crippen molar-refractivity contribution in [2.45, 2.75) is 0 Å². The zero-order valence-electron chi connectivity index (χ0n) is 10.3. The number of carbonyl (C=O) groups is 1. The molecule has 0 aliphatic rings. The largest absolute Gasteiger partial charge is 0.384 e. The van der Waals surface area contributed by atoms with Crippen LogP contribution in [0.15, 0.2) is 30.9 Å². The van der Waals surface area contributed by atoms with Gasteiger partial charge in [0.25, 0.3) is 5.91 Å². The Kier molecular flexibility index (Phi) is 3.90. The summed E-state index contributed by atoms with van der Waals surface area (Å²) < 4.78 is 1.62. The van der Waals surface area contributed by atoms with Crippen molar-refractivity contribution in [3.63, 3.8) is 0 Å². The van der Waals surface area contributed by atoms with E-state index in [0.717, 1.165) is 0 Å². The number of pyridine rings is 1. The molecule has 2 rings (SSSR count). The Labute approximate surface area is 110 Å². The topological polar surface area (TPSA) is 80.0 Å². The summed E-state index contributed by atoms with van der Waals surface area (Å²) in [7, 11) is 1.73. The minimum absolute atomic E-state index is 0.209. The molecule has 0 atom stereocenters. The Hall–Kier alpha value is -2.65. The number of aliphatic hydroxyl groups is 1. The molecule has 0 aliphatic heterocycles. The predicted molar refractivity (Wildman–Crippen MR) is 69.4 cm³/mol. The Balaban J connectivity index is 2.15. The van der Waals surface area contributed by atoms with Gasteiger partial charge in [0, 0.05) is 18.8 Å². The van der Waals surface area contributed by atoms with E-state index < -0.39 is 0 Å². The number of nitrogens with zero attached hydrogens (tertiary/aromatic N) is 3. The van der Waals surface area contributed by atoms with Gasteiger partial charge in [0.2, 0.25) is 0 Å². The van der Waals surface area contributed by atoms with Crippen LogP contribution >= 0.6 is 0 Å². The molecule has 0 unspecified atom stereocenters. The van der Waals surface area contributed by atoms with E-state index in [-0.39, 0.29) is 12.5 Å². The third kappa shape index (κ3) is 3.18. The van der Waals surface area contributed by atoms with Gasteiger partial charge in [0.05, 0.1) is 12.5 Å². The second-order valence-electron chi connectivity index (χ2n) is 3.73. The summed E-state index contributed by atoms with van der Waals surface area (Å²) in [5, 5.41) is 11.3. The van der Waals surface area contributed by atoms with Crippen molar-refractivity contribution in [1.82, 2.24) is 14.5 Å². The molecule has 0 saturated carbocycles. The lowest BCUT2D eigenvalue weighted by atomic mass is 10.2. The van der Waals surface area contributed by atoms with Gasteiger partial charge < -0.3 is 15.0 Å². The third-order valence-corrected chi connectivity index (χ3v) is 2.36. The summed E-state index contributed by atoms with van der Waals surface area (Å²) in [6, 6.07) is 3.33. The zero-order valence-corrected chi connectivity index (χ0v) is 10.3. The molecule has 0 aromatic carbocycles. The van der Waals surface area contributed by atoms with Crippen LogP contribution in [0.2, 0.25) is 0 Å². The molecule has 0 spiro atoms. The van der Waals surface area contributed by atoms with Gasteiger partial charge in [-0.25, -0.2) is 9.97 Å². The molecule has 96 valence electrons. The summed E-state index contributed by atoms with van der Waals surface area (Å²) in [6.45, 7) is -0.209. The van der Waals surface area contributed by atoms with Crippen LogP contribution in [-0.4, -0.2) is 32.2 Å². The van der Waals surface area contributed by atoms with E-state index in [1.165, 1.54) is 6.20 Å². The number of nitrogens with one attached hydrogen (secondary N) is 1. The van der Waals surface area contributed by atoms with E-state index >= 15 is 0 Å². The van der Waals surface area contributed by atoms with Crippen molar-refractivity contribution in [3.8, 4) is 11.8 Å². The second-order valence-corrected chi connectivity index (χ2v) is 3.73. The van der Waals surface area contributed by atoms with Gasteiger partial charge in [-0.3, -0.25) is 4.79 Å². The van der Waals surface area contributed by atoms with Crippen LogP contribution in [0.3, 0.4) is 0 Å². The number of rotatable bonds is 2. The predicted octanol–water partition coefficient (Wildman–Crippen LogP) is 0.411. The normalized spacial score (nSPS) is 9.58. The molecule has 2 aromatic rings. The lowest BCUT2D eigenvalue weighted by molar-refractivity contribution is 0.101. The van der Waals surface area contributed by atoms with Crippen LogP contribution in [0.25, 0.3) is 0 Å². The van der Waals surface area contributed by atoms with E-state index in [0.29, 0.717) is 17.1 Å². The molecule has 2 heterocycles. The van der Waals surface area contributed by atoms with Gasteiger partial charge in [0.1, 0.15) is 18.1 Å². The average Bonchev–Trinajstić information content (AvgIpc) is 2.83. The van der Waals surface area contributed by atoms with Gasteiger partial charge in [-0.15, -0.1) is 0 Å². The van der Waals surface area contributed by atoms with E-state index in [1.54, 1.807) is 36.3 Å². The van der Waals surface area contributed by atoms with Gasteiger partial charge in [-0.1, -0.05) is 11.8 Å². The maximum absolute atomic E-state index is 11.9. The summed E-state index contributed by atoms with van der Waals surface area (Å²) in [5.41, 5.74) is 1.11. The van der Waals surface area contributed by atoms with Crippen molar-refractivity contribution in [2.24, 2.45) is 7.05 Å². The minimum Gasteiger partial charge on any atom is -0.384 e. The van der Waals surface area contributed by atoms with Gasteiger partial charge in [-0.05, 0) is 12.1 Å². The molecule has 1 amide bonds. The van der Waals surface area contributed by atoms with E-state index in [1.807, 2.05) is 0 Å². The number of aliphatic hydroxyl groups excluding tert-OH is 1. The highest BCUT2D eigenvalue weighted by Crippen LogP contribution is 2.08. The van der Waals surface area contributed by atoms with E-state index in [9.17, 15) is 4.79 Å². The maximum atomic E-state index is 11.9. The van der Waals surface area contributed by atoms with E-state index in [4.69, 9.17) is 5.11 Å². The summed E-state index contributed by atoms with van der Waals surface area (Å²) in [4.78, 5) is 19.8. The molecule has 2 N–H and O–H groups in total. The quantitative estimate of drug-likeness (QED) is 0.763. The Bertz CT molecular complexity index is 652. The maximum Gasteiger partial charge on any atom is 0.275 e. The number of aromatic nitrogens is 3. The molecule has 2 aromatic heterocycles. The van der Waals surface area contributed by atoms with Crippen LogP contribution in [0.4, 0.5) is 5.82 Å². The number of hydrogen-bond donors (Lipinski definition) is 2. The van der Waals surface area contributed by atoms with Gasteiger partial charge >= 0.3 is 0 Å². The van der Waals surface area contributed by atoms with Crippen LogP contribution in [0.1, 0.15) is 16.1 Å². The fraction of sp³-hybridized carbons (Fsp3) is 0.154. The van der Waals surface area contributed by atoms with Crippen molar-refractivity contribution in [2.75, 3.05) is 11.9 Å². The molecule has 0 aliphatic carbocycles. The first kappa shape index (κ1) is 12.8. The van der Waals surface area contributed by atoms with Crippen LogP contribution in [0.5, 0.6) is 0 Å². The number of aryl methyl sites for hydroxylation is 1. The number of hydrogen-bond acceptors (Lipinski definition) is 4. The Morgan fingerprint density at radius 3 is 3.11 bits per heavy atom. The first-order chi connectivity index (χ1) is 9.20.